The molecule has 0 aliphatic carbocycles. The lowest BCUT2D eigenvalue weighted by molar-refractivity contribution is 0.185. The standard InChI is InChI=1S/C15H29NOS2/c1-2-3-4-5-6-7-8-9-10-14(17)13-19-15-16-11-12-18-15/h14,17H,2-13H2,1H3. The molecule has 0 amide bonds. The summed E-state index contributed by atoms with van der Waals surface area (Å²) in [7, 11) is 0. The zero-order valence-corrected chi connectivity index (χ0v) is 13.9. The fraction of sp³-hybridized carbons (Fsp3) is 0.933. The Morgan fingerprint density at radius 3 is 2.47 bits per heavy atom. The number of thioether (sulfide) groups is 2. The fourth-order valence-electron chi connectivity index (χ4n) is 2.17. The van der Waals surface area contributed by atoms with E-state index in [1.54, 1.807) is 11.8 Å². The molecule has 0 aromatic rings. The van der Waals surface area contributed by atoms with Crippen LogP contribution in [0.15, 0.2) is 4.99 Å². The minimum absolute atomic E-state index is 0.144. The van der Waals surface area contributed by atoms with Gasteiger partial charge in [-0.2, -0.15) is 0 Å². The van der Waals surface area contributed by atoms with E-state index in [-0.39, 0.29) is 6.10 Å². The SMILES string of the molecule is CCCCCCCCCCC(O)CSC1=NCCS1. The molecule has 1 aliphatic heterocycles. The maximum Gasteiger partial charge on any atom is 0.124 e. The molecule has 19 heavy (non-hydrogen) atoms. The normalized spacial score (nSPS) is 16.6. The van der Waals surface area contributed by atoms with Gasteiger partial charge in [0.05, 0.1) is 12.6 Å². The molecule has 1 unspecified atom stereocenters. The number of aliphatic imine (C=N–C) groups is 1. The van der Waals surface area contributed by atoms with Crippen molar-refractivity contribution in [3.8, 4) is 0 Å². The predicted molar refractivity (Wildman–Crippen MR) is 90.5 cm³/mol. The van der Waals surface area contributed by atoms with Gasteiger partial charge in [-0.15, -0.1) is 0 Å². The van der Waals surface area contributed by atoms with E-state index >= 15 is 0 Å². The first-order valence-corrected chi connectivity index (χ1v) is 9.78. The Morgan fingerprint density at radius 2 is 1.84 bits per heavy atom. The summed E-state index contributed by atoms with van der Waals surface area (Å²) >= 11 is 3.56. The molecule has 0 saturated heterocycles. The number of rotatable bonds is 11. The van der Waals surface area contributed by atoms with Crippen LogP contribution < -0.4 is 0 Å². The van der Waals surface area contributed by atoms with Gasteiger partial charge in [-0.3, -0.25) is 4.99 Å². The number of aliphatic hydroxyl groups excluding tert-OH is 1. The number of unbranched alkanes of at least 4 members (excludes halogenated alkanes) is 7. The fourth-order valence-corrected chi connectivity index (χ4v) is 4.18. The third-order valence-electron chi connectivity index (χ3n) is 3.35. The monoisotopic (exact) mass is 303 g/mol. The first-order valence-electron chi connectivity index (χ1n) is 7.81. The summed E-state index contributed by atoms with van der Waals surface area (Å²) in [5.41, 5.74) is 0. The molecule has 2 nitrogen and oxygen atoms in total. The van der Waals surface area contributed by atoms with E-state index in [1.165, 1.54) is 55.7 Å². The van der Waals surface area contributed by atoms with E-state index in [0.29, 0.717) is 0 Å². The topological polar surface area (TPSA) is 32.6 Å². The molecule has 0 aromatic heterocycles. The zero-order valence-electron chi connectivity index (χ0n) is 12.3. The van der Waals surface area contributed by atoms with Crippen molar-refractivity contribution in [1.82, 2.24) is 0 Å². The molecule has 0 saturated carbocycles. The third-order valence-corrected chi connectivity index (χ3v) is 5.75. The molecule has 1 aliphatic rings. The summed E-state index contributed by atoms with van der Waals surface area (Å²) < 4.78 is 1.18. The Labute approximate surface area is 127 Å². The maximum absolute atomic E-state index is 9.90. The summed E-state index contributed by atoms with van der Waals surface area (Å²) in [5, 5.41) is 9.90. The predicted octanol–water partition coefficient (Wildman–Crippen LogP) is 4.71. The van der Waals surface area contributed by atoms with Crippen LogP contribution in [0.4, 0.5) is 0 Å². The third kappa shape index (κ3) is 9.80. The van der Waals surface area contributed by atoms with Crippen LogP contribution in [0.25, 0.3) is 0 Å². The van der Waals surface area contributed by atoms with E-state index < -0.39 is 0 Å². The molecule has 0 fully saturated rings. The summed E-state index contributed by atoms with van der Waals surface area (Å²) in [6, 6.07) is 0. The van der Waals surface area contributed by atoms with Crippen molar-refractivity contribution >= 4 is 27.9 Å². The van der Waals surface area contributed by atoms with Crippen LogP contribution in [0.1, 0.15) is 64.7 Å². The molecule has 1 N–H and O–H groups in total. The van der Waals surface area contributed by atoms with E-state index in [0.717, 1.165) is 24.5 Å². The largest absolute Gasteiger partial charge is 0.392 e. The van der Waals surface area contributed by atoms with E-state index in [2.05, 4.69) is 11.9 Å². The summed E-state index contributed by atoms with van der Waals surface area (Å²) in [4.78, 5) is 4.38. The van der Waals surface area contributed by atoms with Gasteiger partial charge in [0.1, 0.15) is 4.38 Å². The molecular weight excluding hydrogens is 274 g/mol. The molecule has 0 radical (unpaired) electrons. The minimum Gasteiger partial charge on any atom is -0.392 e. The Bertz CT molecular complexity index is 246. The van der Waals surface area contributed by atoms with Crippen molar-refractivity contribution in [3.63, 3.8) is 0 Å². The van der Waals surface area contributed by atoms with Gasteiger partial charge in [-0.1, -0.05) is 81.8 Å². The Kier molecular flexibility index (Phi) is 11.1. The molecule has 0 spiro atoms. The summed E-state index contributed by atoms with van der Waals surface area (Å²) in [5.74, 6) is 1.94. The van der Waals surface area contributed by atoms with Gasteiger partial charge < -0.3 is 5.11 Å². The van der Waals surface area contributed by atoms with Crippen molar-refractivity contribution in [1.29, 1.82) is 0 Å². The molecular formula is C15H29NOS2. The van der Waals surface area contributed by atoms with Crippen LogP contribution in [-0.4, -0.2) is 33.6 Å². The van der Waals surface area contributed by atoms with Gasteiger partial charge in [0, 0.05) is 11.5 Å². The van der Waals surface area contributed by atoms with Crippen LogP contribution in [0.3, 0.4) is 0 Å². The van der Waals surface area contributed by atoms with Crippen molar-refractivity contribution in [2.45, 2.75) is 70.8 Å². The van der Waals surface area contributed by atoms with Gasteiger partial charge >= 0.3 is 0 Å². The average Bonchev–Trinajstić information content (AvgIpc) is 2.93. The molecule has 4 heteroatoms. The molecule has 112 valence electrons. The maximum atomic E-state index is 9.90. The quantitative estimate of drug-likeness (QED) is 0.561. The first kappa shape index (κ1) is 17.4. The molecule has 0 bridgehead atoms. The molecule has 1 atom stereocenters. The van der Waals surface area contributed by atoms with Crippen LogP contribution in [-0.2, 0) is 0 Å². The van der Waals surface area contributed by atoms with E-state index in [4.69, 9.17) is 0 Å². The number of aliphatic hydroxyl groups is 1. The van der Waals surface area contributed by atoms with Crippen molar-refractivity contribution in [2.24, 2.45) is 4.99 Å². The van der Waals surface area contributed by atoms with Crippen LogP contribution in [0.5, 0.6) is 0 Å². The second kappa shape index (κ2) is 12.1. The van der Waals surface area contributed by atoms with E-state index in [9.17, 15) is 5.11 Å². The Hall–Kier alpha value is 0.330. The lowest BCUT2D eigenvalue weighted by Crippen LogP contribution is -2.10. The Balaban J connectivity index is 1.83. The average molecular weight is 304 g/mol. The second-order valence-corrected chi connectivity index (χ2v) is 7.58. The molecule has 1 rings (SSSR count). The summed E-state index contributed by atoms with van der Waals surface area (Å²) in [6.07, 6.45) is 11.5. The number of hydrogen-bond acceptors (Lipinski definition) is 4. The van der Waals surface area contributed by atoms with Gasteiger partial charge in [-0.25, -0.2) is 0 Å². The second-order valence-electron chi connectivity index (χ2n) is 5.22. The first-order chi connectivity index (χ1) is 9.33. The van der Waals surface area contributed by atoms with Crippen LogP contribution in [0.2, 0.25) is 0 Å². The number of hydrogen-bond donors (Lipinski definition) is 1. The highest BCUT2D eigenvalue weighted by Gasteiger charge is 2.10. The molecule has 1 heterocycles. The van der Waals surface area contributed by atoms with Gasteiger partial charge in [0.25, 0.3) is 0 Å². The lowest BCUT2D eigenvalue weighted by Gasteiger charge is -2.09. The van der Waals surface area contributed by atoms with Gasteiger partial charge in [0.2, 0.25) is 0 Å². The Morgan fingerprint density at radius 1 is 1.16 bits per heavy atom. The minimum atomic E-state index is -0.144. The lowest BCUT2D eigenvalue weighted by atomic mass is 10.1. The van der Waals surface area contributed by atoms with E-state index in [1.807, 2.05) is 11.8 Å². The van der Waals surface area contributed by atoms with Crippen LogP contribution >= 0.6 is 23.5 Å². The van der Waals surface area contributed by atoms with Gasteiger partial charge in [0.15, 0.2) is 0 Å². The highest BCUT2D eigenvalue weighted by molar-refractivity contribution is 8.39. The highest BCUT2D eigenvalue weighted by atomic mass is 32.2. The van der Waals surface area contributed by atoms with Gasteiger partial charge in [-0.05, 0) is 6.42 Å². The zero-order chi connectivity index (χ0) is 13.8. The number of nitrogens with zero attached hydrogens (tertiary/aromatic N) is 1. The highest BCUT2D eigenvalue weighted by Crippen LogP contribution is 2.23. The van der Waals surface area contributed by atoms with Crippen molar-refractivity contribution in [2.75, 3.05) is 18.1 Å². The summed E-state index contributed by atoms with van der Waals surface area (Å²) in [6.45, 7) is 3.22. The smallest absolute Gasteiger partial charge is 0.124 e. The van der Waals surface area contributed by atoms with Crippen molar-refractivity contribution < 1.29 is 5.11 Å². The van der Waals surface area contributed by atoms with Crippen LogP contribution in [0, 0.1) is 0 Å². The molecule has 0 aromatic carbocycles. The van der Waals surface area contributed by atoms with Crippen molar-refractivity contribution in [3.05, 3.63) is 0 Å².